The van der Waals surface area contributed by atoms with Gasteiger partial charge in [0.25, 0.3) is 5.91 Å². The Morgan fingerprint density at radius 1 is 1.38 bits per heavy atom. The normalized spacial score (nSPS) is 15.1. The first-order valence-corrected chi connectivity index (χ1v) is 8.54. The third-order valence-corrected chi connectivity index (χ3v) is 4.32. The maximum Gasteiger partial charge on any atom is 0.251 e. The summed E-state index contributed by atoms with van der Waals surface area (Å²) < 4.78 is 5.64. The van der Waals surface area contributed by atoms with E-state index in [1.165, 1.54) is 0 Å². The van der Waals surface area contributed by atoms with Crippen LogP contribution in [-0.2, 0) is 6.54 Å². The van der Waals surface area contributed by atoms with E-state index in [2.05, 4.69) is 27.8 Å². The number of benzene rings is 1. The molecule has 24 heavy (non-hydrogen) atoms. The lowest BCUT2D eigenvalue weighted by Crippen LogP contribution is -2.31. The van der Waals surface area contributed by atoms with Crippen LogP contribution in [-0.4, -0.2) is 22.1 Å². The van der Waals surface area contributed by atoms with Gasteiger partial charge in [-0.2, -0.15) is 0 Å². The van der Waals surface area contributed by atoms with Gasteiger partial charge in [-0.05, 0) is 56.9 Å². The summed E-state index contributed by atoms with van der Waals surface area (Å²) in [7, 11) is 0. The molecule has 0 radical (unpaired) electrons. The van der Waals surface area contributed by atoms with Gasteiger partial charge in [-0.3, -0.25) is 4.79 Å². The summed E-state index contributed by atoms with van der Waals surface area (Å²) in [6.07, 6.45) is 3.21. The van der Waals surface area contributed by atoms with Gasteiger partial charge in [0.1, 0.15) is 0 Å². The van der Waals surface area contributed by atoms with Crippen molar-refractivity contribution in [1.29, 1.82) is 0 Å². The van der Waals surface area contributed by atoms with E-state index in [0.29, 0.717) is 23.9 Å². The second-order valence-corrected chi connectivity index (χ2v) is 6.47. The van der Waals surface area contributed by atoms with Gasteiger partial charge >= 0.3 is 0 Å². The van der Waals surface area contributed by atoms with Crippen molar-refractivity contribution in [2.75, 3.05) is 5.32 Å². The molecule has 1 aliphatic rings. The molecule has 1 atom stereocenters. The molecule has 128 valence electrons. The van der Waals surface area contributed by atoms with Crippen molar-refractivity contribution in [3.8, 4) is 0 Å². The first-order chi connectivity index (χ1) is 11.6. The van der Waals surface area contributed by atoms with Gasteiger partial charge in [0.15, 0.2) is 0 Å². The Morgan fingerprint density at radius 2 is 2.17 bits per heavy atom. The number of nitrogens with one attached hydrogen (secondary N) is 2. The number of aromatic nitrogens is 2. The lowest BCUT2D eigenvalue weighted by Gasteiger charge is -2.13. The van der Waals surface area contributed by atoms with E-state index in [0.717, 1.165) is 36.4 Å². The number of carbonyl (C=O) groups excluding carboxylic acids is 1. The monoisotopic (exact) mass is 328 g/mol. The third kappa shape index (κ3) is 3.93. The van der Waals surface area contributed by atoms with Crippen LogP contribution >= 0.6 is 0 Å². The van der Waals surface area contributed by atoms with Crippen LogP contribution in [0.4, 0.5) is 5.69 Å². The van der Waals surface area contributed by atoms with Crippen molar-refractivity contribution in [3.63, 3.8) is 0 Å². The summed E-state index contributed by atoms with van der Waals surface area (Å²) in [5, 5.41) is 14.4. The molecular weight excluding hydrogens is 304 g/mol. The topological polar surface area (TPSA) is 80.0 Å². The average Bonchev–Trinajstić information content (AvgIpc) is 3.32. The minimum absolute atomic E-state index is 0.0371. The lowest BCUT2D eigenvalue weighted by atomic mass is 10.1. The molecular formula is C18H24N4O2. The second-order valence-electron chi connectivity index (χ2n) is 6.47. The zero-order chi connectivity index (χ0) is 17.1. The molecule has 6 heteroatoms. The zero-order valence-electron chi connectivity index (χ0n) is 14.4. The van der Waals surface area contributed by atoms with Gasteiger partial charge in [0.2, 0.25) is 11.8 Å². The molecule has 1 fully saturated rings. The van der Waals surface area contributed by atoms with Crippen LogP contribution < -0.4 is 10.6 Å². The highest BCUT2D eigenvalue weighted by Gasteiger charge is 2.29. The number of rotatable bonds is 7. The fourth-order valence-electron chi connectivity index (χ4n) is 2.42. The van der Waals surface area contributed by atoms with Crippen LogP contribution in [0.25, 0.3) is 0 Å². The van der Waals surface area contributed by atoms with Crippen LogP contribution in [0.1, 0.15) is 66.7 Å². The van der Waals surface area contributed by atoms with Gasteiger partial charge in [0.05, 0.1) is 6.54 Å². The first kappa shape index (κ1) is 16.5. The summed E-state index contributed by atoms with van der Waals surface area (Å²) in [5.74, 6) is 1.77. The van der Waals surface area contributed by atoms with E-state index in [9.17, 15) is 4.79 Å². The van der Waals surface area contributed by atoms with Gasteiger partial charge in [-0.25, -0.2) is 0 Å². The molecule has 0 saturated heterocycles. The summed E-state index contributed by atoms with van der Waals surface area (Å²) in [5.41, 5.74) is 2.64. The van der Waals surface area contributed by atoms with Gasteiger partial charge in [0, 0.05) is 23.2 Å². The van der Waals surface area contributed by atoms with Crippen molar-refractivity contribution in [2.45, 2.75) is 58.5 Å². The smallest absolute Gasteiger partial charge is 0.251 e. The third-order valence-electron chi connectivity index (χ3n) is 4.32. The lowest BCUT2D eigenvalue weighted by molar-refractivity contribution is 0.0939. The zero-order valence-corrected chi connectivity index (χ0v) is 14.4. The predicted octanol–water partition coefficient (Wildman–Crippen LogP) is 3.40. The molecule has 6 nitrogen and oxygen atoms in total. The molecule has 0 unspecified atom stereocenters. The quantitative estimate of drug-likeness (QED) is 0.814. The largest absolute Gasteiger partial charge is 0.423 e. The van der Waals surface area contributed by atoms with Crippen LogP contribution in [0.3, 0.4) is 0 Å². The number of amides is 1. The Kier molecular flexibility index (Phi) is 4.83. The van der Waals surface area contributed by atoms with Crippen LogP contribution in [0.2, 0.25) is 0 Å². The summed E-state index contributed by atoms with van der Waals surface area (Å²) in [4.78, 5) is 12.2. The number of aryl methyl sites for hydroxylation is 1. The molecule has 0 spiro atoms. The molecule has 1 aliphatic carbocycles. The van der Waals surface area contributed by atoms with Crippen LogP contribution in [0.15, 0.2) is 22.6 Å². The Bertz CT molecular complexity index is 722. The standard InChI is InChI=1S/C18H24N4O2/c1-4-12(3)20-17(23)14-7-8-15(11(2)9-14)19-10-16-21-22-18(24-16)13-5-6-13/h7-9,12-13,19H,4-6,10H2,1-3H3,(H,20,23)/t12-/m0/s1. The Labute approximate surface area is 142 Å². The van der Waals surface area contributed by atoms with Gasteiger partial charge in [-0.1, -0.05) is 6.92 Å². The maximum absolute atomic E-state index is 12.2. The van der Waals surface area contributed by atoms with Crippen LogP contribution in [0, 0.1) is 6.92 Å². The van der Waals surface area contributed by atoms with E-state index in [4.69, 9.17) is 4.42 Å². The average molecular weight is 328 g/mol. The fraction of sp³-hybridized carbons (Fsp3) is 0.500. The maximum atomic E-state index is 12.2. The number of hydrogen-bond donors (Lipinski definition) is 2. The molecule has 1 aromatic heterocycles. The Hall–Kier alpha value is -2.37. The van der Waals surface area contributed by atoms with E-state index >= 15 is 0 Å². The number of hydrogen-bond acceptors (Lipinski definition) is 5. The molecule has 0 aliphatic heterocycles. The molecule has 1 amide bonds. The van der Waals surface area contributed by atoms with E-state index < -0.39 is 0 Å². The summed E-state index contributed by atoms with van der Waals surface area (Å²) in [6, 6.07) is 5.81. The van der Waals surface area contributed by atoms with Crippen molar-refractivity contribution in [2.24, 2.45) is 0 Å². The molecule has 1 saturated carbocycles. The number of anilines is 1. The number of nitrogens with zero attached hydrogens (tertiary/aromatic N) is 2. The van der Waals surface area contributed by atoms with E-state index in [1.54, 1.807) is 0 Å². The minimum atomic E-state index is -0.0371. The fourth-order valence-corrected chi connectivity index (χ4v) is 2.42. The minimum Gasteiger partial charge on any atom is -0.423 e. The highest BCUT2D eigenvalue weighted by Crippen LogP contribution is 2.39. The van der Waals surface area contributed by atoms with Gasteiger partial charge in [-0.15, -0.1) is 10.2 Å². The highest BCUT2D eigenvalue weighted by atomic mass is 16.4. The second kappa shape index (κ2) is 7.03. The molecule has 2 N–H and O–H groups in total. The van der Waals surface area contributed by atoms with Gasteiger partial charge < -0.3 is 15.1 Å². The predicted molar refractivity (Wildman–Crippen MR) is 92.0 cm³/mol. The van der Waals surface area contributed by atoms with Crippen molar-refractivity contribution in [1.82, 2.24) is 15.5 Å². The van der Waals surface area contributed by atoms with Crippen molar-refractivity contribution in [3.05, 3.63) is 41.1 Å². The molecule has 3 rings (SSSR count). The molecule has 2 aromatic rings. The summed E-state index contributed by atoms with van der Waals surface area (Å²) in [6.45, 7) is 6.52. The Morgan fingerprint density at radius 3 is 2.83 bits per heavy atom. The molecule has 1 aromatic carbocycles. The SMILES string of the molecule is CC[C@H](C)NC(=O)c1ccc(NCc2nnc(C3CC3)o2)c(C)c1. The highest BCUT2D eigenvalue weighted by molar-refractivity contribution is 5.95. The molecule has 0 bridgehead atoms. The van der Waals surface area contributed by atoms with Crippen LogP contribution in [0.5, 0.6) is 0 Å². The number of carbonyl (C=O) groups is 1. The van der Waals surface area contributed by atoms with Crippen molar-refractivity contribution >= 4 is 11.6 Å². The van der Waals surface area contributed by atoms with E-state index in [1.807, 2.05) is 32.0 Å². The first-order valence-electron chi connectivity index (χ1n) is 8.54. The van der Waals surface area contributed by atoms with Crippen molar-refractivity contribution < 1.29 is 9.21 Å². The Balaban J connectivity index is 1.60. The van der Waals surface area contributed by atoms with E-state index in [-0.39, 0.29) is 11.9 Å². The summed E-state index contributed by atoms with van der Waals surface area (Å²) >= 11 is 0. The molecule has 1 heterocycles.